The van der Waals surface area contributed by atoms with E-state index in [-0.39, 0.29) is 0 Å². The first-order valence-corrected chi connectivity index (χ1v) is 11.1. The minimum absolute atomic E-state index is 0.514. The van der Waals surface area contributed by atoms with Crippen molar-refractivity contribution in [3.63, 3.8) is 0 Å². The molecule has 1 unspecified atom stereocenters. The van der Waals surface area contributed by atoms with Crippen molar-refractivity contribution < 1.29 is 17.4 Å². The molecule has 0 nitrogen and oxygen atoms in total. The summed E-state index contributed by atoms with van der Waals surface area (Å²) in [5, 5.41) is 1.68. The van der Waals surface area contributed by atoms with Crippen LogP contribution < -0.4 is 0 Å². The molecular formula is C17H19SiV. The van der Waals surface area contributed by atoms with Crippen LogP contribution in [0.25, 0.3) is 6.08 Å². The van der Waals surface area contributed by atoms with Gasteiger partial charge in [-0.3, -0.25) is 0 Å². The summed E-state index contributed by atoms with van der Waals surface area (Å²) in [7, 11) is -1.30. The zero-order valence-electron chi connectivity index (χ0n) is 11.8. The quantitative estimate of drug-likeness (QED) is 0.688. The van der Waals surface area contributed by atoms with Gasteiger partial charge in [0.1, 0.15) is 0 Å². The van der Waals surface area contributed by atoms with Gasteiger partial charge in [-0.2, -0.15) is 0 Å². The molecule has 0 aromatic heterocycles. The number of rotatable bonds is 2. The van der Waals surface area contributed by atoms with Gasteiger partial charge in [0, 0.05) is 0 Å². The Morgan fingerprint density at radius 1 is 1.16 bits per heavy atom. The summed E-state index contributed by atoms with van der Waals surface area (Å²) in [6.07, 6.45) is 8.21. The van der Waals surface area contributed by atoms with E-state index in [4.69, 9.17) is 0 Å². The van der Waals surface area contributed by atoms with Crippen LogP contribution in [0.4, 0.5) is 0 Å². The Labute approximate surface area is 126 Å². The van der Waals surface area contributed by atoms with Crippen molar-refractivity contribution in [3.05, 3.63) is 62.6 Å². The van der Waals surface area contributed by atoms with E-state index in [1.165, 1.54) is 21.0 Å². The molecule has 0 aliphatic heterocycles. The summed E-state index contributed by atoms with van der Waals surface area (Å²) in [6, 6.07) is 8.90. The van der Waals surface area contributed by atoms with Crippen molar-refractivity contribution in [2.24, 2.45) is 0 Å². The third-order valence-electron chi connectivity index (χ3n) is 4.05. The summed E-state index contributed by atoms with van der Waals surface area (Å²) < 4.78 is 1.48. The molecule has 0 radical (unpaired) electrons. The van der Waals surface area contributed by atoms with Crippen LogP contribution in [0.1, 0.15) is 23.5 Å². The van der Waals surface area contributed by atoms with E-state index in [0.29, 0.717) is 5.92 Å². The van der Waals surface area contributed by atoms with Gasteiger partial charge in [-0.05, 0) is 0 Å². The minimum atomic E-state index is -1.30. The average Bonchev–Trinajstić information content (AvgIpc) is 2.91. The second-order valence-electron chi connectivity index (χ2n) is 6.42. The van der Waals surface area contributed by atoms with Gasteiger partial charge >= 0.3 is 126 Å². The van der Waals surface area contributed by atoms with Gasteiger partial charge in [-0.25, -0.2) is 0 Å². The molecule has 0 spiro atoms. The van der Waals surface area contributed by atoms with Crippen molar-refractivity contribution in [1.29, 1.82) is 0 Å². The van der Waals surface area contributed by atoms with E-state index in [1.807, 2.05) is 0 Å². The maximum atomic E-state index is 2.78. The molecule has 96 valence electrons. The Kier molecular flexibility index (Phi) is 3.25. The van der Waals surface area contributed by atoms with Crippen molar-refractivity contribution in [2.75, 3.05) is 0 Å². The van der Waals surface area contributed by atoms with Crippen molar-refractivity contribution >= 4 is 14.1 Å². The standard InChI is InChI=1S/C17H19Si.V/c1-18(2,3)16-12-14-10-6-7-11-15(14)17(16)13-8-4-5-9-13;/h4,6-8,10-12,17H,5H2,1-3H3;. The predicted molar refractivity (Wildman–Crippen MR) is 81.3 cm³/mol. The zero-order valence-corrected chi connectivity index (χ0v) is 14.2. The second kappa shape index (κ2) is 4.66. The fraction of sp³-hybridized carbons (Fsp3) is 0.294. The van der Waals surface area contributed by atoms with Crippen molar-refractivity contribution in [1.82, 2.24) is 0 Å². The SMILES string of the molecule is C[Si](C)(C)C1=Cc2ccccc2C1C1=[C]([V])CC=C1. The summed E-state index contributed by atoms with van der Waals surface area (Å²) in [5.74, 6) is 0.514. The third kappa shape index (κ3) is 2.24. The first-order valence-electron chi connectivity index (χ1n) is 6.88. The Balaban J connectivity index is 2.17. The Morgan fingerprint density at radius 2 is 1.89 bits per heavy atom. The van der Waals surface area contributed by atoms with Crippen LogP contribution in [0, 0.1) is 0 Å². The number of benzene rings is 1. The topological polar surface area (TPSA) is 0 Å². The number of allylic oxidation sites excluding steroid dienone is 5. The molecule has 0 saturated heterocycles. The van der Waals surface area contributed by atoms with E-state index in [2.05, 4.69) is 79.6 Å². The van der Waals surface area contributed by atoms with Crippen molar-refractivity contribution in [2.45, 2.75) is 32.0 Å². The molecule has 1 atom stereocenters. The fourth-order valence-electron chi connectivity index (χ4n) is 3.08. The molecule has 0 N–H and O–H groups in total. The normalized spacial score (nSPS) is 21.8. The third-order valence-corrected chi connectivity index (χ3v) is 6.90. The predicted octanol–water partition coefficient (Wildman–Crippen LogP) is 4.81. The molecule has 19 heavy (non-hydrogen) atoms. The van der Waals surface area contributed by atoms with E-state index in [9.17, 15) is 0 Å². The van der Waals surface area contributed by atoms with Gasteiger partial charge in [-0.1, -0.05) is 0 Å². The molecule has 0 heterocycles. The van der Waals surface area contributed by atoms with Crippen LogP contribution in [-0.4, -0.2) is 8.07 Å². The average molecular weight is 302 g/mol. The molecule has 1 aromatic carbocycles. The zero-order chi connectivity index (χ0) is 13.6. The fourth-order valence-corrected chi connectivity index (χ4v) is 5.33. The van der Waals surface area contributed by atoms with Gasteiger partial charge < -0.3 is 0 Å². The van der Waals surface area contributed by atoms with Crippen LogP contribution in [0.2, 0.25) is 19.6 Å². The summed E-state index contributed by atoms with van der Waals surface area (Å²) in [6.45, 7) is 7.38. The Bertz CT molecular complexity index is 614. The van der Waals surface area contributed by atoms with E-state index in [1.54, 1.807) is 5.20 Å². The molecule has 2 aliphatic rings. The molecule has 1 aromatic rings. The first kappa shape index (κ1) is 13.2. The van der Waals surface area contributed by atoms with Crippen LogP contribution in [0.15, 0.2) is 51.5 Å². The van der Waals surface area contributed by atoms with Crippen LogP contribution in [0.5, 0.6) is 0 Å². The number of fused-ring (bicyclic) bond motifs is 1. The molecule has 0 bridgehead atoms. The summed E-state index contributed by atoms with van der Waals surface area (Å²) in [4.78, 5) is 0. The van der Waals surface area contributed by atoms with Crippen molar-refractivity contribution in [3.8, 4) is 0 Å². The van der Waals surface area contributed by atoms with Gasteiger partial charge in [0.25, 0.3) is 0 Å². The van der Waals surface area contributed by atoms with Gasteiger partial charge in [0.2, 0.25) is 0 Å². The second-order valence-corrected chi connectivity index (χ2v) is 12.3. The Hall–Kier alpha value is -0.759. The molecule has 0 amide bonds. The van der Waals surface area contributed by atoms with Gasteiger partial charge in [0.15, 0.2) is 0 Å². The van der Waals surface area contributed by atoms with E-state index < -0.39 is 8.07 Å². The Morgan fingerprint density at radius 3 is 2.53 bits per heavy atom. The molecule has 0 fully saturated rings. The molecular weight excluding hydrogens is 283 g/mol. The monoisotopic (exact) mass is 302 g/mol. The van der Waals surface area contributed by atoms with Crippen LogP contribution in [0.3, 0.4) is 0 Å². The van der Waals surface area contributed by atoms with E-state index in [0.717, 1.165) is 6.42 Å². The summed E-state index contributed by atoms with van der Waals surface area (Å²) >= 11 is 2.78. The number of hydrogen-bond donors (Lipinski definition) is 0. The van der Waals surface area contributed by atoms with Gasteiger partial charge in [0.05, 0.1) is 0 Å². The van der Waals surface area contributed by atoms with Gasteiger partial charge in [-0.15, -0.1) is 0 Å². The maximum absolute atomic E-state index is 2.78. The number of hydrogen-bond acceptors (Lipinski definition) is 0. The molecule has 3 rings (SSSR count). The molecule has 2 aliphatic carbocycles. The first-order chi connectivity index (χ1) is 8.98. The molecule has 2 heteroatoms. The van der Waals surface area contributed by atoms with Crippen LogP contribution in [-0.2, 0) is 17.4 Å². The molecule has 0 saturated carbocycles. The summed E-state index contributed by atoms with van der Waals surface area (Å²) in [5.41, 5.74) is 4.46. The van der Waals surface area contributed by atoms with E-state index >= 15 is 0 Å². The van der Waals surface area contributed by atoms with Crippen LogP contribution >= 0.6 is 0 Å².